The van der Waals surface area contributed by atoms with Crippen LogP contribution in [0, 0.1) is 11.8 Å². The number of piperazine rings is 1. The highest BCUT2D eigenvalue weighted by Gasteiger charge is 2.49. The standard InChI is InChI=1S/C18H33N3O2/c1-14(2)9-21-8-7-20(11-18(21)12-23-13-18)17(22)16-5-6-19(10-16)15(3)4/h14-16H,5-13H2,1-4H3/t16-/m1/s1. The first-order valence-corrected chi connectivity index (χ1v) is 9.27. The van der Waals surface area contributed by atoms with Crippen molar-refractivity contribution in [3.63, 3.8) is 0 Å². The highest BCUT2D eigenvalue weighted by molar-refractivity contribution is 5.79. The average Bonchev–Trinajstić information content (AvgIpc) is 2.94. The molecule has 23 heavy (non-hydrogen) atoms. The van der Waals surface area contributed by atoms with Crippen molar-refractivity contribution < 1.29 is 9.53 Å². The smallest absolute Gasteiger partial charge is 0.227 e. The van der Waals surface area contributed by atoms with Crippen molar-refractivity contribution >= 4 is 5.91 Å². The van der Waals surface area contributed by atoms with Crippen LogP contribution in [0.4, 0.5) is 0 Å². The van der Waals surface area contributed by atoms with Crippen molar-refractivity contribution in [2.45, 2.75) is 45.7 Å². The van der Waals surface area contributed by atoms with Gasteiger partial charge in [0, 0.05) is 38.8 Å². The van der Waals surface area contributed by atoms with Gasteiger partial charge in [-0.05, 0) is 32.7 Å². The average molecular weight is 323 g/mol. The molecule has 0 radical (unpaired) electrons. The number of hydrogen-bond donors (Lipinski definition) is 0. The van der Waals surface area contributed by atoms with Crippen LogP contribution in [0.2, 0.25) is 0 Å². The van der Waals surface area contributed by atoms with E-state index in [4.69, 9.17) is 4.74 Å². The Labute approximate surface area is 140 Å². The SMILES string of the molecule is CC(C)CN1CCN(C(=O)[C@@H]2CCN(C(C)C)C2)CC12COC2. The van der Waals surface area contributed by atoms with E-state index in [0.717, 1.165) is 58.9 Å². The zero-order valence-electron chi connectivity index (χ0n) is 15.3. The first-order valence-electron chi connectivity index (χ1n) is 9.27. The number of carbonyl (C=O) groups is 1. The lowest BCUT2D eigenvalue weighted by Crippen LogP contribution is -2.72. The monoisotopic (exact) mass is 323 g/mol. The number of carbonyl (C=O) groups excluding carboxylic acids is 1. The molecule has 0 bridgehead atoms. The van der Waals surface area contributed by atoms with Crippen molar-refractivity contribution in [2.24, 2.45) is 11.8 Å². The van der Waals surface area contributed by atoms with E-state index in [0.29, 0.717) is 17.9 Å². The van der Waals surface area contributed by atoms with Gasteiger partial charge in [-0.1, -0.05) is 13.8 Å². The molecule has 3 fully saturated rings. The Morgan fingerprint density at radius 2 is 1.91 bits per heavy atom. The normalized spacial score (nSPS) is 28.8. The molecule has 132 valence electrons. The molecular formula is C18H33N3O2. The van der Waals surface area contributed by atoms with Crippen LogP contribution in [0.3, 0.4) is 0 Å². The fourth-order valence-corrected chi connectivity index (χ4v) is 4.25. The molecule has 0 aromatic carbocycles. The lowest BCUT2D eigenvalue weighted by Gasteiger charge is -2.55. The van der Waals surface area contributed by atoms with E-state index in [2.05, 4.69) is 42.4 Å². The van der Waals surface area contributed by atoms with Crippen molar-refractivity contribution in [1.29, 1.82) is 0 Å². The van der Waals surface area contributed by atoms with Crippen molar-refractivity contribution in [3.05, 3.63) is 0 Å². The molecule has 3 rings (SSSR count). The summed E-state index contributed by atoms with van der Waals surface area (Å²) in [5, 5.41) is 0. The molecular weight excluding hydrogens is 290 g/mol. The van der Waals surface area contributed by atoms with E-state index >= 15 is 0 Å². The van der Waals surface area contributed by atoms with E-state index in [1.54, 1.807) is 0 Å². The van der Waals surface area contributed by atoms with Gasteiger partial charge in [0.25, 0.3) is 0 Å². The van der Waals surface area contributed by atoms with E-state index in [9.17, 15) is 4.79 Å². The van der Waals surface area contributed by atoms with Crippen LogP contribution in [-0.2, 0) is 9.53 Å². The second-order valence-electron chi connectivity index (χ2n) is 8.39. The molecule has 1 spiro atoms. The van der Waals surface area contributed by atoms with Gasteiger partial charge in [-0.25, -0.2) is 0 Å². The van der Waals surface area contributed by atoms with Crippen molar-refractivity contribution in [3.8, 4) is 0 Å². The maximum absolute atomic E-state index is 13.0. The van der Waals surface area contributed by atoms with Gasteiger partial charge in [0.1, 0.15) is 0 Å². The summed E-state index contributed by atoms with van der Waals surface area (Å²) in [6.45, 7) is 16.4. The Morgan fingerprint density at radius 1 is 1.17 bits per heavy atom. The molecule has 0 aliphatic carbocycles. The Morgan fingerprint density at radius 3 is 2.43 bits per heavy atom. The predicted octanol–water partition coefficient (Wildman–Crippen LogP) is 1.29. The third-order valence-electron chi connectivity index (χ3n) is 5.73. The number of hydrogen-bond acceptors (Lipinski definition) is 4. The molecule has 3 saturated heterocycles. The number of ether oxygens (including phenoxy) is 1. The summed E-state index contributed by atoms with van der Waals surface area (Å²) < 4.78 is 5.54. The minimum atomic E-state index is 0.0918. The number of amides is 1. The third-order valence-corrected chi connectivity index (χ3v) is 5.73. The molecule has 5 heteroatoms. The summed E-state index contributed by atoms with van der Waals surface area (Å²) in [7, 11) is 0. The van der Waals surface area contributed by atoms with E-state index in [1.165, 1.54) is 0 Å². The largest absolute Gasteiger partial charge is 0.377 e. The molecule has 3 heterocycles. The molecule has 0 N–H and O–H groups in total. The van der Waals surface area contributed by atoms with Gasteiger partial charge in [0.2, 0.25) is 5.91 Å². The molecule has 0 aromatic rings. The first-order chi connectivity index (χ1) is 10.9. The first kappa shape index (κ1) is 17.2. The number of nitrogens with zero attached hydrogens (tertiary/aromatic N) is 3. The van der Waals surface area contributed by atoms with Gasteiger partial charge in [-0.3, -0.25) is 9.69 Å². The zero-order chi connectivity index (χ0) is 16.6. The Hall–Kier alpha value is -0.650. The van der Waals surface area contributed by atoms with Gasteiger partial charge in [-0.15, -0.1) is 0 Å². The summed E-state index contributed by atoms with van der Waals surface area (Å²) in [5.74, 6) is 1.24. The quantitative estimate of drug-likeness (QED) is 0.781. The minimum Gasteiger partial charge on any atom is -0.377 e. The van der Waals surface area contributed by atoms with E-state index in [-0.39, 0.29) is 11.5 Å². The fourth-order valence-electron chi connectivity index (χ4n) is 4.25. The van der Waals surface area contributed by atoms with Crippen LogP contribution < -0.4 is 0 Å². The summed E-state index contributed by atoms with van der Waals surface area (Å²) in [5.41, 5.74) is 0.0918. The summed E-state index contributed by atoms with van der Waals surface area (Å²) in [4.78, 5) is 20.1. The topological polar surface area (TPSA) is 36.0 Å². The highest BCUT2D eigenvalue weighted by atomic mass is 16.5. The minimum absolute atomic E-state index is 0.0918. The van der Waals surface area contributed by atoms with Crippen molar-refractivity contribution in [1.82, 2.24) is 14.7 Å². The second-order valence-corrected chi connectivity index (χ2v) is 8.39. The second kappa shape index (κ2) is 6.69. The molecule has 1 atom stereocenters. The van der Waals surface area contributed by atoms with Gasteiger partial charge in [0.05, 0.1) is 24.7 Å². The Kier molecular flexibility index (Phi) is 5.00. The maximum atomic E-state index is 13.0. The number of likely N-dealkylation sites (tertiary alicyclic amines) is 1. The predicted molar refractivity (Wildman–Crippen MR) is 91.4 cm³/mol. The van der Waals surface area contributed by atoms with Gasteiger partial charge < -0.3 is 14.5 Å². The number of rotatable bonds is 4. The summed E-state index contributed by atoms with van der Waals surface area (Å²) in [6, 6.07) is 0.544. The fraction of sp³-hybridized carbons (Fsp3) is 0.944. The lowest BCUT2D eigenvalue weighted by molar-refractivity contribution is -0.180. The molecule has 3 aliphatic heterocycles. The van der Waals surface area contributed by atoms with Crippen molar-refractivity contribution in [2.75, 3.05) is 52.5 Å². The van der Waals surface area contributed by atoms with Crippen LogP contribution in [0.15, 0.2) is 0 Å². The molecule has 0 unspecified atom stereocenters. The summed E-state index contributed by atoms with van der Waals surface area (Å²) in [6.07, 6.45) is 1.02. The van der Waals surface area contributed by atoms with Crippen LogP contribution >= 0.6 is 0 Å². The Bertz CT molecular complexity index is 434. The molecule has 0 saturated carbocycles. The molecule has 5 nitrogen and oxygen atoms in total. The third kappa shape index (κ3) is 3.42. The van der Waals surface area contributed by atoms with E-state index in [1.807, 2.05) is 0 Å². The van der Waals surface area contributed by atoms with Gasteiger partial charge >= 0.3 is 0 Å². The van der Waals surface area contributed by atoms with Crippen LogP contribution in [0.25, 0.3) is 0 Å². The molecule has 0 aromatic heterocycles. The van der Waals surface area contributed by atoms with Gasteiger partial charge in [-0.2, -0.15) is 0 Å². The Balaban J connectivity index is 1.61. The molecule has 1 amide bonds. The highest BCUT2D eigenvalue weighted by Crippen LogP contribution is 2.32. The van der Waals surface area contributed by atoms with Crippen LogP contribution in [-0.4, -0.2) is 84.7 Å². The van der Waals surface area contributed by atoms with E-state index < -0.39 is 0 Å². The van der Waals surface area contributed by atoms with Gasteiger partial charge in [0.15, 0.2) is 0 Å². The van der Waals surface area contributed by atoms with Crippen LogP contribution in [0.5, 0.6) is 0 Å². The van der Waals surface area contributed by atoms with Crippen LogP contribution in [0.1, 0.15) is 34.1 Å². The summed E-state index contributed by atoms with van der Waals surface area (Å²) >= 11 is 0. The zero-order valence-corrected chi connectivity index (χ0v) is 15.3. The maximum Gasteiger partial charge on any atom is 0.227 e. The molecule has 3 aliphatic rings. The lowest BCUT2D eigenvalue weighted by atomic mass is 9.89.